The molecule has 0 aromatic heterocycles. The highest BCUT2D eigenvalue weighted by atomic mass is 16.2. The van der Waals surface area contributed by atoms with Crippen LogP contribution in [-0.4, -0.2) is 42.6 Å². The zero-order valence-electron chi connectivity index (χ0n) is 10.8. The Balaban J connectivity index is 2.53. The lowest BCUT2D eigenvalue weighted by Crippen LogP contribution is -2.53. The van der Waals surface area contributed by atoms with E-state index in [1.807, 2.05) is 18.7 Å². The van der Waals surface area contributed by atoms with Crippen LogP contribution in [0.15, 0.2) is 0 Å². The van der Waals surface area contributed by atoms with E-state index in [2.05, 4.69) is 17.6 Å². The first-order valence-corrected chi connectivity index (χ1v) is 6.43. The van der Waals surface area contributed by atoms with Crippen LogP contribution in [0.1, 0.15) is 40.0 Å². The number of carbonyl (C=O) groups is 1. The van der Waals surface area contributed by atoms with Crippen molar-refractivity contribution in [3.05, 3.63) is 0 Å². The summed E-state index contributed by atoms with van der Waals surface area (Å²) in [5.41, 5.74) is 0. The van der Waals surface area contributed by atoms with Crippen molar-refractivity contribution in [2.45, 2.75) is 52.1 Å². The van der Waals surface area contributed by atoms with Crippen LogP contribution < -0.4 is 10.6 Å². The fourth-order valence-electron chi connectivity index (χ4n) is 2.12. The zero-order valence-corrected chi connectivity index (χ0v) is 10.8. The lowest BCUT2D eigenvalue weighted by molar-refractivity contribution is 0.158. The van der Waals surface area contributed by atoms with Gasteiger partial charge in [0.1, 0.15) is 0 Å². The normalized spacial score (nSPS) is 20.9. The number of piperidine rings is 1. The highest BCUT2D eigenvalue weighted by Gasteiger charge is 2.24. The molecule has 0 saturated carbocycles. The molecule has 0 spiro atoms. The maximum absolute atomic E-state index is 12.0. The van der Waals surface area contributed by atoms with Gasteiger partial charge < -0.3 is 15.5 Å². The fraction of sp³-hybridized carbons (Fsp3) is 0.917. The molecule has 2 N–H and O–H groups in total. The topological polar surface area (TPSA) is 44.4 Å². The minimum absolute atomic E-state index is 0.0885. The van der Waals surface area contributed by atoms with Crippen molar-refractivity contribution in [3.8, 4) is 0 Å². The Hall–Kier alpha value is -0.770. The molecule has 94 valence electrons. The van der Waals surface area contributed by atoms with Crippen LogP contribution >= 0.6 is 0 Å². The molecule has 4 heteroatoms. The van der Waals surface area contributed by atoms with Crippen LogP contribution in [0.3, 0.4) is 0 Å². The van der Waals surface area contributed by atoms with E-state index in [9.17, 15) is 4.79 Å². The minimum Gasteiger partial charge on any atom is -0.336 e. The summed E-state index contributed by atoms with van der Waals surface area (Å²) in [7, 11) is 0. The van der Waals surface area contributed by atoms with Gasteiger partial charge in [-0.25, -0.2) is 4.79 Å². The molecule has 1 atom stereocenters. The molecule has 1 aliphatic rings. The highest BCUT2D eigenvalue weighted by molar-refractivity contribution is 5.74. The number of carbonyl (C=O) groups excluding carboxylic acids is 1. The van der Waals surface area contributed by atoms with Gasteiger partial charge in [-0.05, 0) is 39.7 Å². The molecule has 4 nitrogen and oxygen atoms in total. The molecule has 1 rings (SSSR count). The fourth-order valence-corrected chi connectivity index (χ4v) is 2.12. The van der Waals surface area contributed by atoms with E-state index >= 15 is 0 Å². The number of hydrogen-bond donors (Lipinski definition) is 2. The van der Waals surface area contributed by atoms with Gasteiger partial charge in [-0.2, -0.15) is 0 Å². The minimum atomic E-state index is 0.0885. The molecule has 1 unspecified atom stereocenters. The van der Waals surface area contributed by atoms with Crippen LogP contribution in [0.4, 0.5) is 4.79 Å². The van der Waals surface area contributed by atoms with Gasteiger partial charge in [-0.3, -0.25) is 0 Å². The number of nitrogens with one attached hydrogen (secondary N) is 2. The molecular weight excluding hydrogens is 202 g/mol. The van der Waals surface area contributed by atoms with Gasteiger partial charge in [-0.1, -0.05) is 6.92 Å². The Labute approximate surface area is 98.8 Å². The lowest BCUT2D eigenvalue weighted by Gasteiger charge is -2.35. The van der Waals surface area contributed by atoms with Crippen molar-refractivity contribution in [1.82, 2.24) is 15.5 Å². The van der Waals surface area contributed by atoms with Gasteiger partial charge in [0.25, 0.3) is 0 Å². The van der Waals surface area contributed by atoms with Gasteiger partial charge in [0.15, 0.2) is 0 Å². The summed E-state index contributed by atoms with van der Waals surface area (Å²) in [6.45, 7) is 8.99. The monoisotopic (exact) mass is 227 g/mol. The summed E-state index contributed by atoms with van der Waals surface area (Å²) in [6, 6.07) is 0.668. The summed E-state index contributed by atoms with van der Waals surface area (Å²) >= 11 is 0. The second-order valence-electron chi connectivity index (χ2n) is 4.80. The van der Waals surface area contributed by atoms with Crippen molar-refractivity contribution in [2.75, 3.05) is 19.6 Å². The van der Waals surface area contributed by atoms with Crippen molar-refractivity contribution in [1.29, 1.82) is 0 Å². The van der Waals surface area contributed by atoms with Crippen LogP contribution in [0.2, 0.25) is 0 Å². The Bertz CT molecular complexity index is 212. The predicted octanol–water partition coefficient (Wildman–Crippen LogP) is 1.57. The molecule has 0 radical (unpaired) electrons. The van der Waals surface area contributed by atoms with Gasteiger partial charge in [0.05, 0.1) is 0 Å². The van der Waals surface area contributed by atoms with E-state index in [4.69, 9.17) is 0 Å². The van der Waals surface area contributed by atoms with Crippen LogP contribution in [0.25, 0.3) is 0 Å². The Morgan fingerprint density at radius 1 is 1.56 bits per heavy atom. The van der Waals surface area contributed by atoms with Gasteiger partial charge in [-0.15, -0.1) is 0 Å². The Kier molecular flexibility index (Phi) is 5.60. The van der Waals surface area contributed by atoms with Crippen molar-refractivity contribution < 1.29 is 4.79 Å². The molecule has 2 amide bonds. The second-order valence-corrected chi connectivity index (χ2v) is 4.80. The number of amides is 2. The van der Waals surface area contributed by atoms with Crippen LogP contribution in [-0.2, 0) is 0 Å². The van der Waals surface area contributed by atoms with Crippen molar-refractivity contribution in [2.24, 2.45) is 0 Å². The molecule has 16 heavy (non-hydrogen) atoms. The second kappa shape index (κ2) is 6.74. The molecule has 0 aliphatic carbocycles. The number of urea groups is 1. The van der Waals surface area contributed by atoms with Crippen LogP contribution in [0.5, 0.6) is 0 Å². The van der Waals surface area contributed by atoms with E-state index in [1.54, 1.807) is 0 Å². The summed E-state index contributed by atoms with van der Waals surface area (Å²) in [5, 5.41) is 6.34. The molecular formula is C12H25N3O. The summed E-state index contributed by atoms with van der Waals surface area (Å²) in [4.78, 5) is 14.0. The maximum Gasteiger partial charge on any atom is 0.317 e. The first kappa shape index (κ1) is 13.3. The number of rotatable bonds is 4. The molecule has 1 fully saturated rings. The molecule has 0 aromatic carbocycles. The van der Waals surface area contributed by atoms with E-state index < -0.39 is 0 Å². The zero-order chi connectivity index (χ0) is 12.0. The van der Waals surface area contributed by atoms with Gasteiger partial charge in [0.2, 0.25) is 0 Å². The quantitative estimate of drug-likeness (QED) is 0.765. The first-order chi connectivity index (χ1) is 7.65. The smallest absolute Gasteiger partial charge is 0.317 e. The standard InChI is InChI=1S/C12H25N3O/c1-4-8-15(12(16)14-10(2)3)11-6-5-7-13-9-11/h10-11,13H,4-9H2,1-3H3,(H,14,16). The lowest BCUT2D eigenvalue weighted by atomic mass is 10.1. The predicted molar refractivity (Wildman–Crippen MR) is 66.6 cm³/mol. The third-order valence-electron chi connectivity index (χ3n) is 2.85. The van der Waals surface area contributed by atoms with Gasteiger partial charge in [0, 0.05) is 25.2 Å². The molecule has 1 heterocycles. The molecule has 0 aromatic rings. The van der Waals surface area contributed by atoms with E-state index in [0.29, 0.717) is 6.04 Å². The third kappa shape index (κ3) is 4.00. The molecule has 1 saturated heterocycles. The van der Waals surface area contributed by atoms with E-state index in [-0.39, 0.29) is 12.1 Å². The Morgan fingerprint density at radius 3 is 2.81 bits per heavy atom. The first-order valence-electron chi connectivity index (χ1n) is 6.43. The Morgan fingerprint density at radius 2 is 2.31 bits per heavy atom. The highest BCUT2D eigenvalue weighted by Crippen LogP contribution is 2.11. The van der Waals surface area contributed by atoms with Crippen molar-refractivity contribution >= 4 is 6.03 Å². The SMILES string of the molecule is CCCN(C(=O)NC(C)C)C1CCCNC1. The number of nitrogens with zero attached hydrogens (tertiary/aromatic N) is 1. The summed E-state index contributed by atoms with van der Waals surface area (Å²) in [5.74, 6) is 0. The average Bonchev–Trinajstić information content (AvgIpc) is 2.26. The van der Waals surface area contributed by atoms with E-state index in [1.165, 1.54) is 6.42 Å². The average molecular weight is 227 g/mol. The van der Waals surface area contributed by atoms with Crippen molar-refractivity contribution in [3.63, 3.8) is 0 Å². The third-order valence-corrected chi connectivity index (χ3v) is 2.85. The summed E-state index contributed by atoms with van der Waals surface area (Å²) < 4.78 is 0. The van der Waals surface area contributed by atoms with E-state index in [0.717, 1.165) is 32.5 Å². The number of hydrogen-bond acceptors (Lipinski definition) is 2. The summed E-state index contributed by atoms with van der Waals surface area (Å²) in [6.07, 6.45) is 3.31. The molecule has 0 bridgehead atoms. The van der Waals surface area contributed by atoms with Crippen LogP contribution in [0, 0.1) is 0 Å². The van der Waals surface area contributed by atoms with Gasteiger partial charge >= 0.3 is 6.03 Å². The maximum atomic E-state index is 12.0. The largest absolute Gasteiger partial charge is 0.336 e. The molecule has 1 aliphatic heterocycles.